The third kappa shape index (κ3) is 7.03. The summed E-state index contributed by atoms with van der Waals surface area (Å²) in [6.07, 6.45) is 4.28. The number of epoxide rings is 2. The number of benzene rings is 4. The Morgan fingerprint density at radius 2 is 1.02 bits per heavy atom. The van der Waals surface area contributed by atoms with Gasteiger partial charge in [0.1, 0.15) is 36.9 Å². The summed E-state index contributed by atoms with van der Waals surface area (Å²) < 4.78 is 21.8. The average Bonchev–Trinajstić information content (AvgIpc) is 3.91. The van der Waals surface area contributed by atoms with E-state index in [1.807, 2.05) is 61.0 Å². The van der Waals surface area contributed by atoms with Crippen LogP contribution in [0, 0.1) is 13.8 Å². The lowest BCUT2D eigenvalue weighted by Gasteiger charge is -2.08. The summed E-state index contributed by atoms with van der Waals surface area (Å²) in [6, 6.07) is 28.7. The minimum Gasteiger partial charge on any atom is -0.491 e. The predicted molar refractivity (Wildman–Crippen MR) is 159 cm³/mol. The van der Waals surface area contributed by atoms with Gasteiger partial charge in [0.25, 0.3) is 0 Å². The van der Waals surface area contributed by atoms with Gasteiger partial charge in [0, 0.05) is 12.4 Å². The molecule has 4 aromatic rings. The van der Waals surface area contributed by atoms with E-state index in [9.17, 15) is 0 Å². The van der Waals surface area contributed by atoms with Crippen molar-refractivity contribution >= 4 is 23.8 Å². The molecule has 2 atom stereocenters. The summed E-state index contributed by atoms with van der Waals surface area (Å²) >= 11 is 0. The van der Waals surface area contributed by atoms with Crippen LogP contribution in [0.3, 0.4) is 0 Å². The van der Waals surface area contributed by atoms with Crippen molar-refractivity contribution in [3.8, 4) is 22.6 Å². The molecule has 0 aromatic heterocycles. The van der Waals surface area contributed by atoms with Gasteiger partial charge in [-0.2, -0.15) is 0 Å². The first-order chi connectivity index (χ1) is 19.6. The Kier molecular flexibility index (Phi) is 7.71. The smallest absolute Gasteiger partial charge is 0.119 e. The molecule has 40 heavy (non-hydrogen) atoms. The van der Waals surface area contributed by atoms with Crippen molar-refractivity contribution in [2.45, 2.75) is 26.1 Å². The van der Waals surface area contributed by atoms with Gasteiger partial charge in [-0.25, -0.2) is 0 Å². The second-order valence-electron chi connectivity index (χ2n) is 10.2. The molecule has 6 rings (SSSR count). The summed E-state index contributed by atoms with van der Waals surface area (Å²) in [5.41, 5.74) is 8.50. The predicted octanol–water partition coefficient (Wildman–Crippen LogP) is 7.03. The number of aliphatic imine (C=N–C) groups is 2. The molecule has 2 aliphatic rings. The molecule has 2 saturated heterocycles. The summed E-state index contributed by atoms with van der Waals surface area (Å²) in [4.78, 5) is 9.43. The van der Waals surface area contributed by atoms with E-state index in [1.54, 1.807) is 0 Å². The van der Waals surface area contributed by atoms with Crippen LogP contribution in [0.25, 0.3) is 11.1 Å². The number of rotatable bonds is 11. The van der Waals surface area contributed by atoms with Gasteiger partial charge in [0.2, 0.25) is 0 Å². The fourth-order valence-corrected chi connectivity index (χ4v) is 4.26. The van der Waals surface area contributed by atoms with Crippen molar-refractivity contribution in [3.63, 3.8) is 0 Å². The molecule has 0 spiro atoms. The average molecular weight is 533 g/mol. The largest absolute Gasteiger partial charge is 0.491 e. The van der Waals surface area contributed by atoms with Crippen LogP contribution in [0.5, 0.6) is 11.5 Å². The minimum absolute atomic E-state index is 0.255. The molecular weight excluding hydrogens is 500 g/mol. The van der Waals surface area contributed by atoms with Gasteiger partial charge in [0.15, 0.2) is 0 Å². The van der Waals surface area contributed by atoms with Gasteiger partial charge < -0.3 is 18.9 Å². The summed E-state index contributed by atoms with van der Waals surface area (Å²) in [5.74, 6) is 1.69. The molecule has 6 nitrogen and oxygen atoms in total. The molecule has 0 radical (unpaired) electrons. The monoisotopic (exact) mass is 532 g/mol. The van der Waals surface area contributed by atoms with E-state index in [0.717, 1.165) is 69.5 Å². The van der Waals surface area contributed by atoms with Gasteiger partial charge in [-0.1, -0.05) is 12.1 Å². The Balaban J connectivity index is 1.07. The molecule has 2 unspecified atom stereocenters. The molecule has 6 heteroatoms. The summed E-state index contributed by atoms with van der Waals surface area (Å²) in [6.45, 7) is 6.99. The quantitative estimate of drug-likeness (QED) is 0.154. The minimum atomic E-state index is 0.255. The molecule has 0 N–H and O–H groups in total. The molecule has 0 saturated carbocycles. The Labute approximate surface area is 234 Å². The van der Waals surface area contributed by atoms with E-state index in [0.29, 0.717) is 13.2 Å². The first kappa shape index (κ1) is 26.0. The molecular formula is C34H32N2O4. The first-order valence-corrected chi connectivity index (χ1v) is 13.6. The van der Waals surface area contributed by atoms with Crippen LogP contribution in [0.15, 0.2) is 94.9 Å². The topological polar surface area (TPSA) is 68.2 Å². The van der Waals surface area contributed by atoms with Gasteiger partial charge in [-0.05, 0) is 120 Å². The SMILES string of the molecule is Cc1cc(-c2ccc(N=Cc3ccc(OCC4CO4)cc3)c(C)c2)ccc1N=Cc1ccc(OCC2CO2)cc1. The lowest BCUT2D eigenvalue weighted by atomic mass is 10.00. The van der Waals surface area contributed by atoms with E-state index in [2.05, 4.69) is 50.2 Å². The lowest BCUT2D eigenvalue weighted by molar-refractivity contribution is 0.263. The normalized spacial score (nSPS) is 17.9. The number of nitrogens with zero attached hydrogens (tertiary/aromatic N) is 2. The van der Waals surface area contributed by atoms with Crippen LogP contribution in [-0.2, 0) is 9.47 Å². The van der Waals surface area contributed by atoms with E-state index in [4.69, 9.17) is 28.9 Å². The molecule has 0 bridgehead atoms. The van der Waals surface area contributed by atoms with Crippen LogP contribution >= 0.6 is 0 Å². The maximum absolute atomic E-state index is 5.71. The molecule has 2 fully saturated rings. The third-order valence-corrected chi connectivity index (χ3v) is 6.87. The van der Waals surface area contributed by atoms with E-state index in [-0.39, 0.29) is 12.2 Å². The highest BCUT2D eigenvalue weighted by Gasteiger charge is 2.23. The fourth-order valence-electron chi connectivity index (χ4n) is 4.26. The molecule has 2 aliphatic heterocycles. The molecule has 0 amide bonds. The second-order valence-corrected chi connectivity index (χ2v) is 10.2. The van der Waals surface area contributed by atoms with Crippen molar-refractivity contribution in [2.75, 3.05) is 26.4 Å². The van der Waals surface area contributed by atoms with Gasteiger partial charge >= 0.3 is 0 Å². The Morgan fingerprint density at radius 1 is 0.625 bits per heavy atom. The molecule has 4 aromatic carbocycles. The third-order valence-electron chi connectivity index (χ3n) is 6.87. The van der Waals surface area contributed by atoms with E-state index in [1.165, 1.54) is 0 Å². The summed E-state index contributed by atoms with van der Waals surface area (Å²) in [5, 5.41) is 0. The van der Waals surface area contributed by atoms with Crippen molar-refractivity contribution in [1.29, 1.82) is 0 Å². The van der Waals surface area contributed by atoms with Crippen molar-refractivity contribution < 1.29 is 18.9 Å². The van der Waals surface area contributed by atoms with Crippen molar-refractivity contribution in [3.05, 3.63) is 107 Å². The summed E-state index contributed by atoms with van der Waals surface area (Å²) in [7, 11) is 0. The van der Waals surface area contributed by atoms with E-state index < -0.39 is 0 Å². The van der Waals surface area contributed by atoms with Gasteiger partial charge in [-0.3, -0.25) is 9.98 Å². The number of hydrogen-bond donors (Lipinski definition) is 0. The first-order valence-electron chi connectivity index (χ1n) is 13.6. The van der Waals surface area contributed by atoms with Crippen LogP contribution in [-0.4, -0.2) is 51.1 Å². The van der Waals surface area contributed by atoms with Crippen LogP contribution in [0.1, 0.15) is 22.3 Å². The zero-order valence-corrected chi connectivity index (χ0v) is 22.7. The van der Waals surface area contributed by atoms with Gasteiger partial charge in [0.05, 0.1) is 24.6 Å². The zero-order chi connectivity index (χ0) is 27.3. The Hall–Kier alpha value is -4.26. The van der Waals surface area contributed by atoms with Crippen LogP contribution in [0.2, 0.25) is 0 Å². The fraction of sp³-hybridized carbons (Fsp3) is 0.235. The standard InChI is InChI=1S/C34H32N2O4/c1-23-15-27(7-13-33(23)35-17-25-3-9-29(10-4-25)37-19-31-21-39-31)28-8-14-34(24(2)16-28)36-18-26-5-11-30(12-6-26)38-20-32-22-40-32/h3-18,31-32H,19-22H2,1-2H3. The number of aryl methyl sites for hydroxylation is 2. The highest BCUT2D eigenvalue weighted by molar-refractivity contribution is 5.84. The molecule has 0 aliphatic carbocycles. The molecule has 2 heterocycles. The number of ether oxygens (including phenoxy) is 4. The number of hydrogen-bond acceptors (Lipinski definition) is 6. The maximum atomic E-state index is 5.71. The van der Waals surface area contributed by atoms with Crippen LogP contribution in [0.4, 0.5) is 11.4 Å². The Morgan fingerprint density at radius 3 is 1.38 bits per heavy atom. The van der Waals surface area contributed by atoms with Crippen LogP contribution < -0.4 is 9.47 Å². The maximum Gasteiger partial charge on any atom is 0.119 e. The van der Waals surface area contributed by atoms with E-state index >= 15 is 0 Å². The van der Waals surface area contributed by atoms with Gasteiger partial charge in [-0.15, -0.1) is 0 Å². The second kappa shape index (κ2) is 11.9. The lowest BCUT2D eigenvalue weighted by Crippen LogP contribution is -2.03. The zero-order valence-electron chi connectivity index (χ0n) is 22.7. The highest BCUT2D eigenvalue weighted by atomic mass is 16.6. The molecule has 202 valence electrons. The van der Waals surface area contributed by atoms with Crippen molar-refractivity contribution in [2.24, 2.45) is 9.98 Å². The van der Waals surface area contributed by atoms with Crippen molar-refractivity contribution in [1.82, 2.24) is 0 Å². The Bertz CT molecular complexity index is 1400. The highest BCUT2D eigenvalue weighted by Crippen LogP contribution is 2.30.